The van der Waals surface area contributed by atoms with Crippen LogP contribution in [0.2, 0.25) is 0 Å². The Bertz CT molecular complexity index is 1340. The van der Waals surface area contributed by atoms with Crippen molar-refractivity contribution >= 4 is 33.7 Å². The van der Waals surface area contributed by atoms with Gasteiger partial charge in [0.05, 0.1) is 38.5 Å². The van der Waals surface area contributed by atoms with Crippen molar-refractivity contribution in [1.82, 2.24) is 18.9 Å². The molecule has 1 aromatic carbocycles. The second kappa shape index (κ2) is 7.00. The van der Waals surface area contributed by atoms with E-state index in [1.54, 1.807) is 35.0 Å². The third-order valence-corrected chi connectivity index (χ3v) is 7.56. The summed E-state index contributed by atoms with van der Waals surface area (Å²) in [5.41, 5.74) is 3.00. The first kappa shape index (κ1) is 20.4. The third kappa shape index (κ3) is 3.22. The molecule has 0 unspecified atom stereocenters. The zero-order valence-corrected chi connectivity index (χ0v) is 19.2. The van der Waals surface area contributed by atoms with Gasteiger partial charge < -0.3 is 4.74 Å². The van der Waals surface area contributed by atoms with Gasteiger partial charge in [-0.15, -0.1) is 0 Å². The highest BCUT2D eigenvalue weighted by molar-refractivity contribution is 8.14. The summed E-state index contributed by atoms with van der Waals surface area (Å²) in [7, 11) is 3.55. The quantitative estimate of drug-likeness (QED) is 0.661. The minimum absolute atomic E-state index is 0.0620. The largest absolute Gasteiger partial charge is 0.375 e. The number of aliphatic imine (C=N–C) groups is 1. The standard InChI is InChI=1S/C22H27N5O3S/c1-12-23-19-17(20(28)24-27(19)14-8-9-30-22(2,3)11-14)18(31-12)13-6-7-15-16(10-13)26(5)21(29)25(15)4/h6-7,10,14,18H,8-9,11H2,1-5H3,(H,24,28)/t14-,18+/m0/s1. The zero-order chi connectivity index (χ0) is 22.1. The molecule has 3 aromatic rings. The number of hydrogen-bond donors (Lipinski definition) is 1. The van der Waals surface area contributed by atoms with E-state index in [-0.39, 0.29) is 28.1 Å². The van der Waals surface area contributed by atoms with Crippen LogP contribution in [0, 0.1) is 0 Å². The molecule has 164 valence electrons. The van der Waals surface area contributed by atoms with Crippen LogP contribution >= 0.6 is 11.8 Å². The van der Waals surface area contributed by atoms with Gasteiger partial charge in [-0.1, -0.05) is 17.8 Å². The van der Waals surface area contributed by atoms with Gasteiger partial charge in [0.15, 0.2) is 5.82 Å². The highest BCUT2D eigenvalue weighted by Crippen LogP contribution is 2.45. The molecule has 0 bridgehead atoms. The molecule has 2 aromatic heterocycles. The molecule has 2 aliphatic rings. The number of aryl methyl sites for hydroxylation is 2. The first-order valence-electron chi connectivity index (χ1n) is 10.5. The van der Waals surface area contributed by atoms with Gasteiger partial charge in [0.1, 0.15) is 0 Å². The fraction of sp³-hybridized carbons (Fsp3) is 0.500. The molecule has 2 aliphatic heterocycles. The van der Waals surface area contributed by atoms with Crippen LogP contribution in [-0.4, -0.2) is 36.2 Å². The number of aromatic nitrogens is 4. The van der Waals surface area contributed by atoms with E-state index in [4.69, 9.17) is 9.73 Å². The predicted molar refractivity (Wildman–Crippen MR) is 124 cm³/mol. The molecular weight excluding hydrogens is 414 g/mol. The van der Waals surface area contributed by atoms with Crippen LogP contribution in [0.15, 0.2) is 32.8 Å². The molecule has 4 heterocycles. The molecule has 1 N–H and O–H groups in total. The summed E-state index contributed by atoms with van der Waals surface area (Å²) >= 11 is 1.58. The topological polar surface area (TPSA) is 86.3 Å². The average molecular weight is 442 g/mol. The fourth-order valence-corrected chi connectivity index (χ4v) is 5.91. The van der Waals surface area contributed by atoms with Gasteiger partial charge in [-0.2, -0.15) is 0 Å². The Morgan fingerprint density at radius 1 is 1.19 bits per heavy atom. The second-order valence-electron chi connectivity index (χ2n) is 9.08. The number of benzene rings is 1. The lowest BCUT2D eigenvalue weighted by atomic mass is 9.94. The van der Waals surface area contributed by atoms with Crippen molar-refractivity contribution in [3.8, 4) is 0 Å². The summed E-state index contributed by atoms with van der Waals surface area (Å²) < 4.78 is 11.1. The van der Waals surface area contributed by atoms with Crippen LogP contribution in [0.3, 0.4) is 0 Å². The van der Waals surface area contributed by atoms with E-state index in [2.05, 4.69) is 18.9 Å². The van der Waals surface area contributed by atoms with E-state index < -0.39 is 0 Å². The van der Waals surface area contributed by atoms with E-state index >= 15 is 0 Å². The number of hydrogen-bond acceptors (Lipinski definition) is 5. The summed E-state index contributed by atoms with van der Waals surface area (Å²) in [5.74, 6) is 0.719. The van der Waals surface area contributed by atoms with Gasteiger partial charge in [0.25, 0.3) is 5.56 Å². The Labute approximate surface area is 183 Å². The van der Waals surface area contributed by atoms with E-state index in [0.717, 1.165) is 40.3 Å². The molecule has 31 heavy (non-hydrogen) atoms. The Morgan fingerprint density at radius 3 is 2.68 bits per heavy atom. The third-order valence-electron chi connectivity index (χ3n) is 6.38. The fourth-order valence-electron chi connectivity index (χ4n) is 4.82. The number of H-pyrrole nitrogens is 1. The Hall–Kier alpha value is -2.52. The van der Waals surface area contributed by atoms with E-state index in [1.807, 2.05) is 29.8 Å². The monoisotopic (exact) mass is 441 g/mol. The highest BCUT2D eigenvalue weighted by Gasteiger charge is 2.36. The maximum absolute atomic E-state index is 13.1. The van der Waals surface area contributed by atoms with Gasteiger partial charge in [-0.25, -0.2) is 9.79 Å². The number of imidazole rings is 1. The molecule has 2 atom stereocenters. The first-order chi connectivity index (χ1) is 14.7. The molecular formula is C22H27N5O3S. The molecule has 1 fully saturated rings. The molecule has 0 saturated carbocycles. The van der Waals surface area contributed by atoms with E-state index in [1.165, 1.54) is 0 Å². The lowest BCUT2D eigenvalue weighted by molar-refractivity contribution is -0.0705. The zero-order valence-electron chi connectivity index (χ0n) is 18.4. The molecule has 9 heteroatoms. The number of thioether (sulfide) groups is 1. The van der Waals surface area contributed by atoms with Crippen LogP contribution < -0.4 is 11.2 Å². The average Bonchev–Trinajstić information content (AvgIpc) is 3.16. The number of ether oxygens (including phenoxy) is 1. The molecule has 0 amide bonds. The molecule has 1 saturated heterocycles. The number of fused-ring (bicyclic) bond motifs is 2. The number of aromatic amines is 1. The SMILES string of the molecule is CC1=Nc2c(c(=O)[nH]n2[C@H]2CCOC(C)(C)C2)[C@@H](c2ccc3c(c2)n(C)c(=O)n3C)S1. The lowest BCUT2D eigenvalue weighted by Crippen LogP contribution is -2.35. The molecule has 0 radical (unpaired) electrons. The van der Waals surface area contributed by atoms with Crippen molar-refractivity contribution in [2.45, 2.75) is 50.5 Å². The summed E-state index contributed by atoms with van der Waals surface area (Å²) in [5, 5.41) is 3.81. The van der Waals surface area contributed by atoms with Gasteiger partial charge in [-0.05, 0) is 51.3 Å². The summed E-state index contributed by atoms with van der Waals surface area (Å²) in [4.78, 5) is 30.2. The minimum atomic E-state index is -0.234. The Balaban J connectivity index is 1.63. The second-order valence-corrected chi connectivity index (χ2v) is 10.4. The van der Waals surface area contributed by atoms with Crippen LogP contribution in [0.4, 0.5) is 5.82 Å². The number of rotatable bonds is 2. The predicted octanol–water partition coefficient (Wildman–Crippen LogP) is 3.38. The number of nitrogens with zero attached hydrogens (tertiary/aromatic N) is 4. The van der Waals surface area contributed by atoms with Gasteiger partial charge in [-0.3, -0.25) is 23.7 Å². The Morgan fingerprint density at radius 2 is 1.94 bits per heavy atom. The smallest absolute Gasteiger partial charge is 0.328 e. The molecule has 0 spiro atoms. The maximum atomic E-state index is 13.1. The lowest BCUT2D eigenvalue weighted by Gasteiger charge is -2.36. The van der Waals surface area contributed by atoms with Crippen LogP contribution in [0.25, 0.3) is 11.0 Å². The summed E-state index contributed by atoms with van der Waals surface area (Å²) in [6.07, 6.45) is 1.65. The molecule has 5 rings (SSSR count). The van der Waals surface area contributed by atoms with Crippen molar-refractivity contribution < 1.29 is 4.74 Å². The first-order valence-corrected chi connectivity index (χ1v) is 11.4. The van der Waals surface area contributed by atoms with Crippen LogP contribution in [0.5, 0.6) is 0 Å². The normalized spacial score (nSPS) is 23.1. The van der Waals surface area contributed by atoms with Crippen molar-refractivity contribution in [1.29, 1.82) is 0 Å². The van der Waals surface area contributed by atoms with E-state index in [0.29, 0.717) is 12.2 Å². The highest BCUT2D eigenvalue weighted by atomic mass is 32.2. The van der Waals surface area contributed by atoms with Crippen molar-refractivity contribution in [3.63, 3.8) is 0 Å². The maximum Gasteiger partial charge on any atom is 0.328 e. The Kier molecular flexibility index (Phi) is 4.60. The minimum Gasteiger partial charge on any atom is -0.375 e. The van der Waals surface area contributed by atoms with Gasteiger partial charge >= 0.3 is 5.69 Å². The van der Waals surface area contributed by atoms with Gasteiger partial charge in [0, 0.05) is 20.7 Å². The van der Waals surface area contributed by atoms with Gasteiger partial charge in [0.2, 0.25) is 0 Å². The van der Waals surface area contributed by atoms with Crippen molar-refractivity contribution in [2.75, 3.05) is 6.61 Å². The van der Waals surface area contributed by atoms with Crippen molar-refractivity contribution in [2.24, 2.45) is 19.1 Å². The van der Waals surface area contributed by atoms with Crippen molar-refractivity contribution in [3.05, 3.63) is 50.2 Å². The molecule has 8 nitrogen and oxygen atoms in total. The van der Waals surface area contributed by atoms with Crippen LogP contribution in [0.1, 0.15) is 56.0 Å². The van der Waals surface area contributed by atoms with E-state index in [9.17, 15) is 9.59 Å². The van der Waals surface area contributed by atoms with Crippen LogP contribution in [-0.2, 0) is 18.8 Å². The molecule has 0 aliphatic carbocycles. The number of nitrogens with one attached hydrogen (secondary N) is 1. The summed E-state index contributed by atoms with van der Waals surface area (Å²) in [6, 6.07) is 6.12. The summed E-state index contributed by atoms with van der Waals surface area (Å²) in [6.45, 7) is 6.80.